The van der Waals surface area contributed by atoms with Gasteiger partial charge in [0.05, 0.1) is 11.8 Å². The zero-order valence-electron chi connectivity index (χ0n) is 13.9. The predicted molar refractivity (Wildman–Crippen MR) is 96.0 cm³/mol. The van der Waals surface area contributed by atoms with Crippen LogP contribution in [-0.4, -0.2) is 34.2 Å². The first-order valence-corrected chi connectivity index (χ1v) is 8.74. The SMILES string of the molecule is O=C(Nc1ccc(Cl)cc1)N1CCC(c2nnc(-c3ccoc3)o2)CC1. The number of carbonyl (C=O) groups excluding carboxylic acids is 1. The Labute approximate surface area is 155 Å². The van der Waals surface area contributed by atoms with Gasteiger partial charge in [-0.2, -0.15) is 0 Å². The molecule has 0 unspecified atom stereocenters. The minimum Gasteiger partial charge on any atom is -0.472 e. The van der Waals surface area contributed by atoms with E-state index in [0.29, 0.717) is 29.9 Å². The Kier molecular flexibility index (Phi) is 4.62. The molecule has 1 aliphatic rings. The summed E-state index contributed by atoms with van der Waals surface area (Å²) in [4.78, 5) is 14.2. The van der Waals surface area contributed by atoms with Crippen LogP contribution in [0.4, 0.5) is 10.5 Å². The van der Waals surface area contributed by atoms with Gasteiger partial charge in [-0.3, -0.25) is 0 Å². The lowest BCUT2D eigenvalue weighted by Crippen LogP contribution is -2.40. The first-order chi connectivity index (χ1) is 12.7. The van der Waals surface area contributed by atoms with Crippen molar-refractivity contribution in [1.29, 1.82) is 0 Å². The largest absolute Gasteiger partial charge is 0.472 e. The number of nitrogens with one attached hydrogen (secondary N) is 1. The van der Waals surface area contributed by atoms with E-state index in [9.17, 15) is 4.79 Å². The molecular weight excluding hydrogens is 356 g/mol. The van der Waals surface area contributed by atoms with Crippen LogP contribution in [-0.2, 0) is 0 Å². The van der Waals surface area contributed by atoms with E-state index >= 15 is 0 Å². The maximum absolute atomic E-state index is 12.4. The van der Waals surface area contributed by atoms with E-state index in [4.69, 9.17) is 20.4 Å². The highest BCUT2D eigenvalue weighted by atomic mass is 35.5. The summed E-state index contributed by atoms with van der Waals surface area (Å²) in [6.07, 6.45) is 4.69. The van der Waals surface area contributed by atoms with E-state index < -0.39 is 0 Å². The molecule has 2 amide bonds. The number of carbonyl (C=O) groups is 1. The summed E-state index contributed by atoms with van der Waals surface area (Å²) in [5, 5.41) is 11.7. The molecule has 1 N–H and O–H groups in total. The molecule has 1 aromatic carbocycles. The molecule has 1 fully saturated rings. The van der Waals surface area contributed by atoms with E-state index in [0.717, 1.165) is 24.1 Å². The third-order valence-corrected chi connectivity index (χ3v) is 4.69. The van der Waals surface area contributed by atoms with Gasteiger partial charge in [0.2, 0.25) is 5.89 Å². The van der Waals surface area contributed by atoms with Crippen molar-refractivity contribution in [3.63, 3.8) is 0 Å². The monoisotopic (exact) mass is 372 g/mol. The number of furan rings is 1. The van der Waals surface area contributed by atoms with Gasteiger partial charge in [-0.1, -0.05) is 11.6 Å². The Morgan fingerprint density at radius 3 is 2.62 bits per heavy atom. The first-order valence-electron chi connectivity index (χ1n) is 8.36. The second-order valence-electron chi connectivity index (χ2n) is 6.16. The summed E-state index contributed by atoms with van der Waals surface area (Å²) >= 11 is 5.86. The quantitative estimate of drug-likeness (QED) is 0.736. The molecule has 0 aliphatic carbocycles. The highest BCUT2D eigenvalue weighted by Gasteiger charge is 2.27. The van der Waals surface area contributed by atoms with Gasteiger partial charge < -0.3 is 19.1 Å². The van der Waals surface area contributed by atoms with E-state index in [2.05, 4.69) is 15.5 Å². The average molecular weight is 373 g/mol. The molecule has 0 saturated carbocycles. The van der Waals surface area contributed by atoms with Crippen LogP contribution in [0.25, 0.3) is 11.5 Å². The van der Waals surface area contributed by atoms with Gasteiger partial charge in [-0.15, -0.1) is 10.2 Å². The second-order valence-corrected chi connectivity index (χ2v) is 6.59. The molecule has 2 aromatic heterocycles. The van der Waals surface area contributed by atoms with Gasteiger partial charge >= 0.3 is 6.03 Å². The minimum absolute atomic E-state index is 0.115. The summed E-state index contributed by atoms with van der Waals surface area (Å²) in [6.45, 7) is 1.26. The van der Waals surface area contributed by atoms with Crippen LogP contribution in [0.1, 0.15) is 24.7 Å². The number of piperidine rings is 1. The number of anilines is 1. The number of benzene rings is 1. The van der Waals surface area contributed by atoms with Crippen molar-refractivity contribution in [2.24, 2.45) is 0 Å². The highest BCUT2D eigenvalue weighted by Crippen LogP contribution is 2.29. The lowest BCUT2D eigenvalue weighted by Gasteiger charge is -2.30. The Bertz CT molecular complexity index is 868. The average Bonchev–Trinajstić information content (AvgIpc) is 3.35. The molecule has 4 rings (SSSR count). The normalized spacial score (nSPS) is 15.2. The fraction of sp³-hybridized carbons (Fsp3) is 0.278. The second kappa shape index (κ2) is 7.21. The maximum Gasteiger partial charge on any atom is 0.321 e. The Balaban J connectivity index is 1.33. The van der Waals surface area contributed by atoms with Gasteiger partial charge in [0.25, 0.3) is 5.89 Å². The molecule has 134 valence electrons. The number of aromatic nitrogens is 2. The number of rotatable bonds is 3. The molecule has 26 heavy (non-hydrogen) atoms. The zero-order valence-corrected chi connectivity index (χ0v) is 14.6. The maximum atomic E-state index is 12.4. The number of urea groups is 1. The smallest absolute Gasteiger partial charge is 0.321 e. The highest BCUT2D eigenvalue weighted by molar-refractivity contribution is 6.30. The van der Waals surface area contributed by atoms with Crippen molar-refractivity contribution in [3.05, 3.63) is 53.8 Å². The topological polar surface area (TPSA) is 84.4 Å². The van der Waals surface area contributed by atoms with Crippen LogP contribution in [0.15, 0.2) is 51.7 Å². The summed E-state index contributed by atoms with van der Waals surface area (Å²) in [7, 11) is 0. The first kappa shape index (κ1) is 16.7. The number of hydrogen-bond donors (Lipinski definition) is 1. The van der Waals surface area contributed by atoms with Crippen molar-refractivity contribution < 1.29 is 13.6 Å². The third kappa shape index (κ3) is 3.57. The number of hydrogen-bond acceptors (Lipinski definition) is 5. The van der Waals surface area contributed by atoms with Crippen LogP contribution in [0, 0.1) is 0 Å². The molecule has 8 heteroatoms. The fourth-order valence-electron chi connectivity index (χ4n) is 2.97. The molecule has 0 radical (unpaired) electrons. The summed E-state index contributed by atoms with van der Waals surface area (Å²) in [5.74, 6) is 1.22. The van der Waals surface area contributed by atoms with Crippen LogP contribution in [0.2, 0.25) is 5.02 Å². The molecule has 7 nitrogen and oxygen atoms in total. The Hall–Kier alpha value is -2.80. The Morgan fingerprint density at radius 2 is 1.92 bits per heavy atom. The minimum atomic E-state index is -0.115. The van der Waals surface area contributed by atoms with Crippen molar-refractivity contribution in [2.45, 2.75) is 18.8 Å². The van der Waals surface area contributed by atoms with Crippen molar-refractivity contribution in [3.8, 4) is 11.5 Å². The summed E-state index contributed by atoms with van der Waals surface area (Å²) in [5.41, 5.74) is 1.49. The predicted octanol–water partition coefficient (Wildman–Crippen LogP) is 4.39. The molecule has 3 heterocycles. The van der Waals surface area contributed by atoms with Gasteiger partial charge in [-0.25, -0.2) is 4.79 Å². The number of amides is 2. The lowest BCUT2D eigenvalue weighted by molar-refractivity contribution is 0.190. The number of likely N-dealkylation sites (tertiary alicyclic amines) is 1. The molecule has 1 aliphatic heterocycles. The van der Waals surface area contributed by atoms with E-state index in [1.807, 2.05) is 0 Å². The molecule has 0 spiro atoms. The van der Waals surface area contributed by atoms with Crippen molar-refractivity contribution in [2.75, 3.05) is 18.4 Å². The lowest BCUT2D eigenvalue weighted by atomic mass is 9.97. The summed E-state index contributed by atoms with van der Waals surface area (Å²) < 4.78 is 10.8. The van der Waals surface area contributed by atoms with Crippen LogP contribution < -0.4 is 5.32 Å². The molecule has 1 saturated heterocycles. The standard InChI is InChI=1S/C18H17ClN4O3/c19-14-1-3-15(4-2-14)20-18(24)23-8-5-12(6-9-23)16-21-22-17(26-16)13-7-10-25-11-13/h1-4,7,10-12H,5-6,8-9H2,(H,20,24). The Morgan fingerprint density at radius 1 is 1.15 bits per heavy atom. The third-order valence-electron chi connectivity index (χ3n) is 4.44. The fourth-order valence-corrected chi connectivity index (χ4v) is 3.09. The molecule has 3 aromatic rings. The number of halogens is 1. The molecular formula is C18H17ClN4O3. The molecule has 0 bridgehead atoms. The zero-order chi connectivity index (χ0) is 17.9. The van der Waals surface area contributed by atoms with Crippen LogP contribution >= 0.6 is 11.6 Å². The van der Waals surface area contributed by atoms with Crippen LogP contribution in [0.5, 0.6) is 0 Å². The van der Waals surface area contributed by atoms with E-state index in [1.165, 1.54) is 0 Å². The van der Waals surface area contributed by atoms with Gasteiger partial charge in [-0.05, 0) is 43.2 Å². The van der Waals surface area contributed by atoms with Crippen molar-refractivity contribution >= 4 is 23.3 Å². The van der Waals surface area contributed by atoms with Gasteiger partial charge in [0.1, 0.15) is 6.26 Å². The summed E-state index contributed by atoms with van der Waals surface area (Å²) in [6, 6.07) is 8.72. The van der Waals surface area contributed by atoms with E-state index in [1.54, 1.807) is 47.8 Å². The van der Waals surface area contributed by atoms with Gasteiger partial charge in [0.15, 0.2) is 0 Å². The molecule has 0 atom stereocenters. The van der Waals surface area contributed by atoms with Crippen LogP contribution in [0.3, 0.4) is 0 Å². The number of nitrogens with zero attached hydrogens (tertiary/aromatic N) is 3. The van der Waals surface area contributed by atoms with E-state index in [-0.39, 0.29) is 11.9 Å². The van der Waals surface area contributed by atoms with Gasteiger partial charge in [0, 0.05) is 29.7 Å². The van der Waals surface area contributed by atoms with Crippen molar-refractivity contribution in [1.82, 2.24) is 15.1 Å².